The van der Waals surface area contributed by atoms with Crippen molar-refractivity contribution in [3.63, 3.8) is 0 Å². The van der Waals surface area contributed by atoms with Gasteiger partial charge >= 0.3 is 5.97 Å². The predicted molar refractivity (Wildman–Crippen MR) is 64.8 cm³/mol. The molecule has 0 spiro atoms. The molecule has 0 aromatic heterocycles. The Bertz CT molecular complexity index is 216. The van der Waals surface area contributed by atoms with Crippen LogP contribution in [-0.2, 0) is 14.3 Å². The second kappa shape index (κ2) is 7.65. The van der Waals surface area contributed by atoms with Crippen molar-refractivity contribution in [1.82, 2.24) is 0 Å². The Hall–Kier alpha value is -0.613. The van der Waals surface area contributed by atoms with Gasteiger partial charge in [0.05, 0.1) is 21.9 Å². The lowest BCUT2D eigenvalue weighted by atomic mass is 10.2. The third kappa shape index (κ3) is 5.74. The zero-order valence-electron chi connectivity index (χ0n) is 10.2. The molecular weight excluding hydrogens is 208 g/mol. The van der Waals surface area contributed by atoms with Crippen LogP contribution in [0.25, 0.3) is 0 Å². The fraction of sp³-hybridized carbons (Fsp3) is 0.727. The summed E-state index contributed by atoms with van der Waals surface area (Å²) in [5.41, 5.74) is 1.05. The van der Waals surface area contributed by atoms with Crippen LogP contribution >= 0.6 is 0 Å². The van der Waals surface area contributed by atoms with E-state index in [1.807, 2.05) is 0 Å². The number of carbonyl (C=O) groups excluding carboxylic acids is 1. The highest BCUT2D eigenvalue weighted by Gasteiger charge is 2.16. The first-order chi connectivity index (χ1) is 7.02. The van der Waals surface area contributed by atoms with Crippen LogP contribution in [0.4, 0.5) is 0 Å². The van der Waals surface area contributed by atoms with E-state index in [1.165, 1.54) is 0 Å². The van der Waals surface area contributed by atoms with Crippen LogP contribution in [-0.4, -0.2) is 34.9 Å². The van der Waals surface area contributed by atoms with E-state index in [0.29, 0.717) is 17.3 Å². The van der Waals surface area contributed by atoms with E-state index < -0.39 is 9.52 Å². The molecule has 0 amide bonds. The molecule has 0 rings (SSSR count). The fourth-order valence-electron chi connectivity index (χ4n) is 1.39. The third-order valence-corrected chi connectivity index (χ3v) is 5.05. The van der Waals surface area contributed by atoms with Crippen LogP contribution in [0.15, 0.2) is 12.2 Å². The standard InChI is InChI=1S/C11H22O3Si/c1-6-10(9(4)13-5)15-7-14-11(12)8(2)3/h9-10H,2,6-7,15H2,1,3-5H3. The molecule has 88 valence electrons. The van der Waals surface area contributed by atoms with Gasteiger partial charge in [-0.2, -0.15) is 0 Å². The summed E-state index contributed by atoms with van der Waals surface area (Å²) in [6, 6.07) is 0. The molecule has 0 aromatic rings. The van der Waals surface area contributed by atoms with Crippen molar-refractivity contribution in [3.05, 3.63) is 12.2 Å². The Morgan fingerprint density at radius 1 is 1.53 bits per heavy atom. The van der Waals surface area contributed by atoms with Crippen LogP contribution in [0, 0.1) is 0 Å². The summed E-state index contributed by atoms with van der Waals surface area (Å²) in [4.78, 5) is 11.1. The zero-order chi connectivity index (χ0) is 11.8. The molecule has 0 fully saturated rings. The topological polar surface area (TPSA) is 35.5 Å². The number of hydrogen-bond donors (Lipinski definition) is 0. The summed E-state index contributed by atoms with van der Waals surface area (Å²) in [5, 5.41) is 0. The lowest BCUT2D eigenvalue weighted by Crippen LogP contribution is -2.23. The second-order valence-corrected chi connectivity index (χ2v) is 5.85. The quantitative estimate of drug-likeness (QED) is 0.377. The van der Waals surface area contributed by atoms with Crippen LogP contribution < -0.4 is 0 Å². The van der Waals surface area contributed by atoms with Gasteiger partial charge in [-0.15, -0.1) is 0 Å². The molecule has 0 heterocycles. The SMILES string of the molecule is C=C(C)C(=O)OC[SiH2]C(CC)C(C)OC. The van der Waals surface area contributed by atoms with Crippen molar-refractivity contribution in [3.8, 4) is 0 Å². The summed E-state index contributed by atoms with van der Waals surface area (Å²) in [6.45, 7) is 9.42. The van der Waals surface area contributed by atoms with Gasteiger partial charge in [0, 0.05) is 12.7 Å². The largest absolute Gasteiger partial charge is 0.467 e. The molecule has 0 aromatic carbocycles. The summed E-state index contributed by atoms with van der Waals surface area (Å²) < 4.78 is 10.4. The van der Waals surface area contributed by atoms with Gasteiger partial charge in [-0.3, -0.25) is 0 Å². The van der Waals surface area contributed by atoms with Crippen molar-refractivity contribution >= 4 is 15.5 Å². The number of rotatable bonds is 7. The second-order valence-electron chi connectivity index (χ2n) is 3.81. The molecule has 2 atom stereocenters. The van der Waals surface area contributed by atoms with Crippen molar-refractivity contribution in [2.45, 2.75) is 38.8 Å². The highest BCUT2D eigenvalue weighted by molar-refractivity contribution is 6.38. The van der Waals surface area contributed by atoms with Gasteiger partial charge in [-0.05, 0) is 19.4 Å². The lowest BCUT2D eigenvalue weighted by molar-refractivity contribution is -0.137. The summed E-state index contributed by atoms with van der Waals surface area (Å²) in [5.74, 6) is -0.276. The number of ether oxygens (including phenoxy) is 2. The Balaban J connectivity index is 3.82. The van der Waals surface area contributed by atoms with E-state index in [9.17, 15) is 4.79 Å². The number of carbonyl (C=O) groups is 1. The lowest BCUT2D eigenvalue weighted by Gasteiger charge is -2.20. The maximum Gasteiger partial charge on any atom is 0.332 e. The highest BCUT2D eigenvalue weighted by atomic mass is 28.2. The Kier molecular flexibility index (Phi) is 7.34. The molecule has 0 aliphatic carbocycles. The monoisotopic (exact) mass is 230 g/mol. The first kappa shape index (κ1) is 14.4. The van der Waals surface area contributed by atoms with Gasteiger partial charge in [0.15, 0.2) is 0 Å². The number of methoxy groups -OCH3 is 1. The summed E-state index contributed by atoms with van der Waals surface area (Å²) in [7, 11) is 1.31. The highest BCUT2D eigenvalue weighted by Crippen LogP contribution is 2.16. The molecular formula is C11H22O3Si. The normalized spacial score (nSPS) is 15.2. The molecule has 0 bridgehead atoms. The van der Waals surface area contributed by atoms with E-state index in [1.54, 1.807) is 14.0 Å². The molecule has 0 aliphatic rings. The molecule has 0 saturated heterocycles. The smallest absolute Gasteiger partial charge is 0.332 e. The number of esters is 1. The molecule has 15 heavy (non-hydrogen) atoms. The fourth-order valence-corrected chi connectivity index (χ4v) is 3.07. The summed E-state index contributed by atoms with van der Waals surface area (Å²) >= 11 is 0. The van der Waals surface area contributed by atoms with E-state index in [-0.39, 0.29) is 12.1 Å². The molecule has 3 nitrogen and oxygen atoms in total. The maximum absolute atomic E-state index is 11.1. The Labute approximate surface area is 94.7 Å². The zero-order valence-corrected chi connectivity index (χ0v) is 11.6. The molecule has 0 N–H and O–H groups in total. The van der Waals surface area contributed by atoms with Crippen LogP contribution in [0.1, 0.15) is 27.2 Å². The first-order valence-corrected chi connectivity index (χ1v) is 7.20. The van der Waals surface area contributed by atoms with Crippen LogP contribution in [0.2, 0.25) is 5.54 Å². The first-order valence-electron chi connectivity index (χ1n) is 5.38. The van der Waals surface area contributed by atoms with Gasteiger partial charge in [-0.1, -0.05) is 19.9 Å². The minimum absolute atomic E-state index is 0.269. The van der Waals surface area contributed by atoms with Crippen LogP contribution in [0.5, 0.6) is 0 Å². The van der Waals surface area contributed by atoms with Crippen molar-refractivity contribution in [1.29, 1.82) is 0 Å². The van der Waals surface area contributed by atoms with Gasteiger partial charge in [0.25, 0.3) is 0 Å². The van der Waals surface area contributed by atoms with E-state index in [0.717, 1.165) is 6.42 Å². The van der Waals surface area contributed by atoms with Crippen LogP contribution in [0.3, 0.4) is 0 Å². The molecule has 0 saturated carbocycles. The average Bonchev–Trinajstić information content (AvgIpc) is 2.22. The third-order valence-electron chi connectivity index (χ3n) is 2.63. The van der Waals surface area contributed by atoms with E-state index in [4.69, 9.17) is 9.47 Å². The van der Waals surface area contributed by atoms with E-state index >= 15 is 0 Å². The molecule has 2 unspecified atom stereocenters. The summed E-state index contributed by atoms with van der Waals surface area (Å²) in [6.07, 6.45) is 1.94. The average molecular weight is 230 g/mol. The Morgan fingerprint density at radius 2 is 2.13 bits per heavy atom. The predicted octanol–water partition coefficient (Wildman–Crippen LogP) is 1.47. The van der Waals surface area contributed by atoms with Gasteiger partial charge in [-0.25, -0.2) is 4.79 Å². The van der Waals surface area contributed by atoms with Crippen molar-refractivity contribution in [2.75, 3.05) is 13.3 Å². The number of hydrogen-bond acceptors (Lipinski definition) is 3. The van der Waals surface area contributed by atoms with Gasteiger partial charge in [0.1, 0.15) is 0 Å². The van der Waals surface area contributed by atoms with E-state index in [2.05, 4.69) is 20.4 Å². The van der Waals surface area contributed by atoms with Gasteiger partial charge < -0.3 is 9.47 Å². The van der Waals surface area contributed by atoms with Crippen molar-refractivity contribution < 1.29 is 14.3 Å². The maximum atomic E-state index is 11.1. The Morgan fingerprint density at radius 3 is 2.53 bits per heavy atom. The molecule has 4 heteroatoms. The minimum atomic E-state index is -0.417. The molecule has 0 aliphatic heterocycles. The molecule has 0 radical (unpaired) electrons. The van der Waals surface area contributed by atoms with Crippen molar-refractivity contribution in [2.24, 2.45) is 0 Å². The minimum Gasteiger partial charge on any atom is -0.467 e. The van der Waals surface area contributed by atoms with Gasteiger partial charge in [0.2, 0.25) is 0 Å².